The Morgan fingerprint density at radius 3 is 2.30 bits per heavy atom. The Hall–Kier alpha value is -2.71. The minimum Gasteiger partial charge on any atom is -0.481 e. The number of nitrogens with one attached hydrogen (secondary N) is 2. The van der Waals surface area contributed by atoms with Crippen molar-refractivity contribution in [1.82, 2.24) is 9.97 Å². The summed E-state index contributed by atoms with van der Waals surface area (Å²) in [5, 5.41) is 17.4. The molecule has 1 aromatic heterocycles. The van der Waals surface area contributed by atoms with Crippen molar-refractivity contribution in [2.75, 3.05) is 0 Å². The second kappa shape index (κ2) is 6.45. The number of carboxylic acids is 2. The molecule has 0 aliphatic rings. The number of carbonyl (C=O) groups is 3. The number of carboxylic acid groups (broad SMARTS) is 2. The summed E-state index contributed by atoms with van der Waals surface area (Å²) in [4.78, 5) is 59.1. The van der Waals surface area contributed by atoms with Crippen LogP contribution in [0.3, 0.4) is 0 Å². The highest BCUT2D eigenvalue weighted by Crippen LogP contribution is 2.14. The number of hydrogen-bond acceptors (Lipinski definition) is 5. The van der Waals surface area contributed by atoms with Crippen molar-refractivity contribution >= 4 is 17.7 Å². The summed E-state index contributed by atoms with van der Waals surface area (Å²) >= 11 is 0. The highest BCUT2D eigenvalue weighted by Gasteiger charge is 2.23. The Morgan fingerprint density at radius 2 is 1.80 bits per heavy atom. The highest BCUT2D eigenvalue weighted by atomic mass is 16.4. The van der Waals surface area contributed by atoms with Gasteiger partial charge >= 0.3 is 17.6 Å². The Balaban J connectivity index is 2.85. The Kier molecular flexibility index (Phi) is 4.95. The van der Waals surface area contributed by atoms with Gasteiger partial charge in [-0.3, -0.25) is 24.2 Å². The van der Waals surface area contributed by atoms with Crippen molar-refractivity contribution in [3.05, 3.63) is 32.6 Å². The summed E-state index contributed by atoms with van der Waals surface area (Å²) in [6, 6.07) is 0.847. The molecule has 0 aliphatic heterocycles. The van der Waals surface area contributed by atoms with E-state index in [4.69, 9.17) is 10.2 Å². The molecule has 20 heavy (non-hydrogen) atoms. The minimum absolute atomic E-state index is 0.218. The lowest BCUT2D eigenvalue weighted by Gasteiger charge is -2.09. The normalized spacial score (nSPS) is 11.8. The summed E-state index contributed by atoms with van der Waals surface area (Å²) in [5.74, 6) is -4.42. The molecule has 0 unspecified atom stereocenters. The van der Waals surface area contributed by atoms with Gasteiger partial charge in [-0.1, -0.05) is 0 Å². The minimum atomic E-state index is -1.31. The molecule has 0 aliphatic carbocycles. The molecule has 9 nitrogen and oxygen atoms in total. The summed E-state index contributed by atoms with van der Waals surface area (Å²) in [5.41, 5.74) is -1.96. The topological polar surface area (TPSA) is 157 Å². The van der Waals surface area contributed by atoms with Crippen LogP contribution in [0.1, 0.15) is 29.8 Å². The van der Waals surface area contributed by atoms with Crippen LogP contribution < -0.4 is 11.2 Å². The van der Waals surface area contributed by atoms with Crippen molar-refractivity contribution in [3.63, 3.8) is 0 Å². The molecule has 9 heteroatoms. The first-order chi connectivity index (χ1) is 9.29. The molecule has 0 fully saturated rings. The first-order valence-electron chi connectivity index (χ1n) is 5.61. The van der Waals surface area contributed by atoms with E-state index in [0.29, 0.717) is 0 Å². The fourth-order valence-corrected chi connectivity index (χ4v) is 1.56. The van der Waals surface area contributed by atoms with E-state index in [-0.39, 0.29) is 12.1 Å². The zero-order valence-electron chi connectivity index (χ0n) is 10.2. The van der Waals surface area contributed by atoms with Crippen molar-refractivity contribution in [3.8, 4) is 0 Å². The number of carbonyl (C=O) groups excluding carboxylic acids is 1. The van der Waals surface area contributed by atoms with Crippen LogP contribution in [0, 0.1) is 5.92 Å². The molecule has 1 rings (SSSR count). The van der Waals surface area contributed by atoms with E-state index >= 15 is 0 Å². The van der Waals surface area contributed by atoms with Crippen molar-refractivity contribution in [2.24, 2.45) is 5.92 Å². The molecular formula is C11H12N2O7. The summed E-state index contributed by atoms with van der Waals surface area (Å²) in [6.07, 6.45) is -1.11. The van der Waals surface area contributed by atoms with Crippen molar-refractivity contribution < 1.29 is 24.6 Å². The van der Waals surface area contributed by atoms with Gasteiger partial charge in [0, 0.05) is 18.9 Å². The van der Waals surface area contributed by atoms with Gasteiger partial charge in [0.2, 0.25) is 0 Å². The van der Waals surface area contributed by atoms with Gasteiger partial charge in [-0.25, -0.2) is 4.79 Å². The molecule has 0 amide bonds. The summed E-state index contributed by atoms with van der Waals surface area (Å²) < 4.78 is 0. The van der Waals surface area contributed by atoms with Crippen LogP contribution in [0.25, 0.3) is 0 Å². The van der Waals surface area contributed by atoms with E-state index in [0.717, 1.165) is 6.07 Å². The number of Topliss-reactive ketones (excluding diaryl/α,β-unsaturated/α-hetero) is 1. The standard InChI is InChI=1S/C11H12N2O7/c14-7(6-4-8(15)13-11(20)12-6)3-5(10(18)19)1-2-9(16)17/h4-5H,1-3H2,(H,16,17)(H,18,19)(H2,12,13,15,20)/t5-/m1/s1. The van der Waals surface area contributed by atoms with E-state index in [1.54, 1.807) is 0 Å². The van der Waals surface area contributed by atoms with Gasteiger partial charge in [-0.15, -0.1) is 0 Å². The molecule has 4 N–H and O–H groups in total. The lowest BCUT2D eigenvalue weighted by atomic mass is 9.96. The molecule has 0 spiro atoms. The van der Waals surface area contributed by atoms with Crippen LogP contribution in [0.4, 0.5) is 0 Å². The van der Waals surface area contributed by atoms with Gasteiger partial charge < -0.3 is 15.2 Å². The second-order valence-electron chi connectivity index (χ2n) is 4.10. The predicted octanol–water partition coefficient (Wildman–Crippen LogP) is -0.798. The van der Waals surface area contributed by atoms with Gasteiger partial charge in [0.1, 0.15) is 0 Å². The third-order valence-corrected chi connectivity index (χ3v) is 2.55. The number of H-pyrrole nitrogens is 2. The lowest BCUT2D eigenvalue weighted by Crippen LogP contribution is -2.26. The molecule has 0 saturated carbocycles. The van der Waals surface area contributed by atoms with E-state index in [2.05, 4.69) is 4.98 Å². The van der Waals surface area contributed by atoms with Crippen molar-refractivity contribution in [2.45, 2.75) is 19.3 Å². The SMILES string of the molecule is O=C(O)CC[C@H](CC(=O)c1cc(=O)[nH]c(=O)[nH]1)C(=O)O. The highest BCUT2D eigenvalue weighted by molar-refractivity contribution is 5.96. The monoisotopic (exact) mass is 284 g/mol. The van der Waals surface area contributed by atoms with Crippen LogP contribution >= 0.6 is 0 Å². The quantitative estimate of drug-likeness (QED) is 0.477. The zero-order valence-corrected chi connectivity index (χ0v) is 10.2. The number of ketones is 1. The third kappa shape index (κ3) is 4.52. The second-order valence-corrected chi connectivity index (χ2v) is 4.10. The fourth-order valence-electron chi connectivity index (χ4n) is 1.56. The first kappa shape index (κ1) is 15.3. The number of aromatic amines is 2. The summed E-state index contributed by atoms with van der Waals surface area (Å²) in [6.45, 7) is 0. The van der Waals surface area contributed by atoms with Gasteiger partial charge in [-0.05, 0) is 6.42 Å². The van der Waals surface area contributed by atoms with E-state index < -0.39 is 47.7 Å². The molecule has 1 aromatic rings. The molecule has 0 saturated heterocycles. The van der Waals surface area contributed by atoms with Crippen molar-refractivity contribution in [1.29, 1.82) is 0 Å². The number of aromatic nitrogens is 2. The van der Waals surface area contributed by atoms with E-state index in [9.17, 15) is 24.0 Å². The van der Waals surface area contributed by atoms with Gasteiger partial charge in [0.25, 0.3) is 5.56 Å². The predicted molar refractivity (Wildman–Crippen MR) is 64.6 cm³/mol. The average Bonchev–Trinajstić information content (AvgIpc) is 2.32. The van der Waals surface area contributed by atoms with Gasteiger partial charge in [0.15, 0.2) is 5.78 Å². The molecule has 1 heterocycles. The first-order valence-corrected chi connectivity index (χ1v) is 5.61. The average molecular weight is 284 g/mol. The zero-order chi connectivity index (χ0) is 15.3. The van der Waals surface area contributed by atoms with Crippen LogP contribution in [0.2, 0.25) is 0 Å². The van der Waals surface area contributed by atoms with E-state index in [1.165, 1.54) is 0 Å². The van der Waals surface area contributed by atoms with Crippen LogP contribution in [-0.2, 0) is 9.59 Å². The molecular weight excluding hydrogens is 272 g/mol. The smallest absolute Gasteiger partial charge is 0.326 e. The van der Waals surface area contributed by atoms with Crippen LogP contribution in [-0.4, -0.2) is 37.9 Å². The Bertz CT molecular complexity index is 614. The maximum absolute atomic E-state index is 11.8. The molecule has 108 valence electrons. The Labute approximate surface area is 111 Å². The molecule has 1 atom stereocenters. The number of rotatable bonds is 7. The lowest BCUT2D eigenvalue weighted by molar-refractivity contribution is -0.142. The molecule has 0 bridgehead atoms. The van der Waals surface area contributed by atoms with Crippen LogP contribution in [0.5, 0.6) is 0 Å². The molecule has 0 aromatic carbocycles. The summed E-state index contributed by atoms with van der Waals surface area (Å²) in [7, 11) is 0. The van der Waals surface area contributed by atoms with Gasteiger partial charge in [0.05, 0.1) is 11.6 Å². The maximum atomic E-state index is 11.8. The number of aliphatic carboxylic acids is 2. The molecule has 0 radical (unpaired) electrons. The largest absolute Gasteiger partial charge is 0.481 e. The van der Waals surface area contributed by atoms with Gasteiger partial charge in [-0.2, -0.15) is 0 Å². The maximum Gasteiger partial charge on any atom is 0.326 e. The van der Waals surface area contributed by atoms with Crippen LogP contribution in [0.15, 0.2) is 15.7 Å². The Morgan fingerprint density at radius 1 is 1.15 bits per heavy atom. The van der Waals surface area contributed by atoms with E-state index in [1.807, 2.05) is 4.98 Å². The number of hydrogen-bond donors (Lipinski definition) is 4. The third-order valence-electron chi connectivity index (χ3n) is 2.55. The fraction of sp³-hybridized carbons (Fsp3) is 0.364.